The fourth-order valence-electron chi connectivity index (χ4n) is 3.96. The summed E-state index contributed by atoms with van der Waals surface area (Å²) in [6.07, 6.45) is 2.46. The second kappa shape index (κ2) is 7.38. The van der Waals surface area contributed by atoms with Crippen LogP contribution in [0.2, 0.25) is 0 Å². The van der Waals surface area contributed by atoms with Gasteiger partial charge in [-0.15, -0.1) is 0 Å². The summed E-state index contributed by atoms with van der Waals surface area (Å²) in [6, 6.07) is 16.4. The topological polar surface area (TPSA) is 44.8 Å². The maximum absolute atomic E-state index is 12.7. The van der Waals surface area contributed by atoms with E-state index in [2.05, 4.69) is 10.2 Å². The molecule has 2 saturated heterocycles. The zero-order chi connectivity index (χ0) is 17.9. The van der Waals surface area contributed by atoms with Gasteiger partial charge in [0.1, 0.15) is 5.75 Å². The maximum Gasteiger partial charge on any atom is 0.321 e. The fraction of sp³-hybridized carbons (Fsp3) is 0.381. The first kappa shape index (κ1) is 16.9. The van der Waals surface area contributed by atoms with Crippen LogP contribution < -0.4 is 10.1 Å². The van der Waals surface area contributed by atoms with E-state index in [0.717, 1.165) is 42.2 Å². The lowest BCUT2D eigenvalue weighted by Gasteiger charge is -2.37. The van der Waals surface area contributed by atoms with Crippen molar-refractivity contribution in [2.45, 2.75) is 18.9 Å². The van der Waals surface area contributed by atoms with Gasteiger partial charge in [-0.3, -0.25) is 4.90 Å². The Labute approximate surface area is 154 Å². The minimum absolute atomic E-state index is 0.000609. The van der Waals surface area contributed by atoms with Crippen molar-refractivity contribution in [2.24, 2.45) is 0 Å². The SMILES string of the molecule is COc1cccc(-c2cccc(NC(=O)N3CCN4CCC[C@@H]4C3)c2)c1. The van der Waals surface area contributed by atoms with Crippen LogP contribution in [0.15, 0.2) is 48.5 Å². The van der Waals surface area contributed by atoms with Gasteiger partial charge in [-0.2, -0.15) is 0 Å². The van der Waals surface area contributed by atoms with E-state index >= 15 is 0 Å². The molecule has 2 aliphatic rings. The number of urea groups is 1. The Hall–Kier alpha value is -2.53. The van der Waals surface area contributed by atoms with Crippen LogP contribution in [0.5, 0.6) is 5.75 Å². The van der Waals surface area contributed by atoms with Crippen LogP contribution in [0.1, 0.15) is 12.8 Å². The number of carbonyl (C=O) groups excluding carboxylic acids is 1. The molecule has 0 radical (unpaired) electrons. The first-order valence-electron chi connectivity index (χ1n) is 9.27. The van der Waals surface area contributed by atoms with Crippen LogP contribution in [0.3, 0.4) is 0 Å². The molecule has 2 aromatic rings. The molecular weight excluding hydrogens is 326 g/mol. The average Bonchev–Trinajstić information content (AvgIpc) is 3.16. The van der Waals surface area contributed by atoms with E-state index in [0.29, 0.717) is 6.04 Å². The summed E-state index contributed by atoms with van der Waals surface area (Å²) in [5, 5.41) is 3.07. The van der Waals surface area contributed by atoms with E-state index in [-0.39, 0.29) is 6.03 Å². The number of hydrogen-bond donors (Lipinski definition) is 1. The number of piperazine rings is 1. The quantitative estimate of drug-likeness (QED) is 0.918. The maximum atomic E-state index is 12.7. The monoisotopic (exact) mass is 351 g/mol. The van der Waals surface area contributed by atoms with Gasteiger partial charge in [-0.1, -0.05) is 24.3 Å². The molecule has 5 heteroatoms. The number of benzene rings is 2. The van der Waals surface area contributed by atoms with Crippen molar-refractivity contribution >= 4 is 11.7 Å². The van der Waals surface area contributed by atoms with Crippen LogP contribution in [-0.4, -0.2) is 55.2 Å². The van der Waals surface area contributed by atoms with Gasteiger partial charge >= 0.3 is 6.03 Å². The summed E-state index contributed by atoms with van der Waals surface area (Å²) in [5.41, 5.74) is 2.95. The minimum Gasteiger partial charge on any atom is -0.497 e. The number of nitrogens with zero attached hydrogens (tertiary/aromatic N) is 2. The number of hydrogen-bond acceptors (Lipinski definition) is 3. The van der Waals surface area contributed by atoms with Gasteiger partial charge in [0.05, 0.1) is 7.11 Å². The largest absolute Gasteiger partial charge is 0.497 e. The van der Waals surface area contributed by atoms with Crippen molar-refractivity contribution in [3.63, 3.8) is 0 Å². The molecule has 0 aromatic heterocycles. The Bertz CT molecular complexity index is 792. The third-order valence-electron chi connectivity index (χ3n) is 5.39. The van der Waals surface area contributed by atoms with Gasteiger partial charge in [0, 0.05) is 31.4 Å². The van der Waals surface area contributed by atoms with Gasteiger partial charge in [0.25, 0.3) is 0 Å². The number of ether oxygens (including phenoxy) is 1. The second-order valence-corrected chi connectivity index (χ2v) is 7.02. The summed E-state index contributed by atoms with van der Waals surface area (Å²) in [5.74, 6) is 0.825. The third kappa shape index (κ3) is 3.53. The van der Waals surface area contributed by atoms with Crippen molar-refractivity contribution in [1.29, 1.82) is 0 Å². The summed E-state index contributed by atoms with van der Waals surface area (Å²) in [4.78, 5) is 17.1. The highest BCUT2D eigenvalue weighted by atomic mass is 16.5. The predicted molar refractivity (Wildman–Crippen MR) is 104 cm³/mol. The highest BCUT2D eigenvalue weighted by Crippen LogP contribution is 2.26. The first-order chi connectivity index (χ1) is 12.7. The minimum atomic E-state index is -0.000609. The number of fused-ring (bicyclic) bond motifs is 1. The molecule has 2 amide bonds. The van der Waals surface area contributed by atoms with Crippen LogP contribution in [0.4, 0.5) is 10.5 Å². The normalized spacial score (nSPS) is 19.9. The van der Waals surface area contributed by atoms with Gasteiger partial charge in [0.2, 0.25) is 0 Å². The molecule has 26 heavy (non-hydrogen) atoms. The van der Waals surface area contributed by atoms with Crippen molar-refractivity contribution in [3.8, 4) is 16.9 Å². The van der Waals surface area contributed by atoms with Crippen LogP contribution in [-0.2, 0) is 0 Å². The van der Waals surface area contributed by atoms with E-state index < -0.39 is 0 Å². The summed E-state index contributed by atoms with van der Waals surface area (Å²) in [7, 11) is 1.67. The molecule has 2 heterocycles. The predicted octanol–water partition coefficient (Wildman–Crippen LogP) is 3.67. The first-order valence-corrected chi connectivity index (χ1v) is 9.27. The Morgan fingerprint density at radius 3 is 2.73 bits per heavy atom. The highest BCUT2D eigenvalue weighted by Gasteiger charge is 2.32. The molecule has 0 bridgehead atoms. The summed E-state index contributed by atoms with van der Waals surface area (Å²) in [6.45, 7) is 3.81. The van der Waals surface area contributed by atoms with E-state index in [1.54, 1.807) is 7.11 Å². The van der Waals surface area contributed by atoms with Gasteiger partial charge in [0.15, 0.2) is 0 Å². The molecule has 1 N–H and O–H groups in total. The van der Waals surface area contributed by atoms with E-state index in [1.165, 1.54) is 19.4 Å². The lowest BCUT2D eigenvalue weighted by atomic mass is 10.0. The van der Waals surface area contributed by atoms with E-state index in [1.807, 2.05) is 53.4 Å². The molecule has 2 aliphatic heterocycles. The zero-order valence-corrected chi connectivity index (χ0v) is 15.1. The average molecular weight is 351 g/mol. The van der Waals surface area contributed by atoms with Gasteiger partial charge in [-0.25, -0.2) is 4.79 Å². The number of amides is 2. The molecule has 5 nitrogen and oxygen atoms in total. The molecule has 0 unspecified atom stereocenters. The number of rotatable bonds is 3. The van der Waals surface area contributed by atoms with Gasteiger partial charge < -0.3 is 15.0 Å². The lowest BCUT2D eigenvalue weighted by Crippen LogP contribution is -2.53. The Kier molecular flexibility index (Phi) is 4.80. The summed E-state index contributed by atoms with van der Waals surface area (Å²) >= 11 is 0. The van der Waals surface area contributed by atoms with Gasteiger partial charge in [-0.05, 0) is 54.8 Å². The molecule has 1 atom stereocenters. The van der Waals surface area contributed by atoms with Crippen molar-refractivity contribution in [3.05, 3.63) is 48.5 Å². The van der Waals surface area contributed by atoms with Crippen molar-refractivity contribution in [2.75, 3.05) is 38.6 Å². The van der Waals surface area contributed by atoms with E-state index in [4.69, 9.17) is 4.74 Å². The Morgan fingerprint density at radius 2 is 1.88 bits per heavy atom. The zero-order valence-electron chi connectivity index (χ0n) is 15.1. The van der Waals surface area contributed by atoms with Crippen LogP contribution >= 0.6 is 0 Å². The number of nitrogens with one attached hydrogen (secondary N) is 1. The highest BCUT2D eigenvalue weighted by molar-refractivity contribution is 5.90. The fourth-order valence-corrected chi connectivity index (χ4v) is 3.96. The Morgan fingerprint density at radius 1 is 1.08 bits per heavy atom. The number of methoxy groups -OCH3 is 1. The molecule has 0 aliphatic carbocycles. The molecule has 4 rings (SSSR count). The lowest BCUT2D eigenvalue weighted by molar-refractivity contribution is 0.124. The smallest absolute Gasteiger partial charge is 0.321 e. The molecule has 136 valence electrons. The molecule has 2 fully saturated rings. The van der Waals surface area contributed by atoms with Crippen LogP contribution in [0.25, 0.3) is 11.1 Å². The molecule has 0 saturated carbocycles. The molecular formula is C21H25N3O2. The van der Waals surface area contributed by atoms with Crippen LogP contribution in [0, 0.1) is 0 Å². The molecule has 0 spiro atoms. The Balaban J connectivity index is 1.45. The van der Waals surface area contributed by atoms with Crippen molar-refractivity contribution < 1.29 is 9.53 Å². The standard InChI is InChI=1S/C21H25N3O2/c1-26-20-9-3-6-17(14-20)16-5-2-7-18(13-16)22-21(25)24-12-11-23-10-4-8-19(23)15-24/h2-3,5-7,9,13-14,19H,4,8,10-12,15H2,1H3,(H,22,25)/t19-/m1/s1. The second-order valence-electron chi connectivity index (χ2n) is 7.02. The molecule has 2 aromatic carbocycles. The van der Waals surface area contributed by atoms with E-state index in [9.17, 15) is 4.79 Å². The number of anilines is 1. The third-order valence-corrected chi connectivity index (χ3v) is 5.39. The summed E-state index contributed by atoms with van der Waals surface area (Å²) < 4.78 is 5.30. The van der Waals surface area contributed by atoms with Crippen molar-refractivity contribution in [1.82, 2.24) is 9.80 Å². The number of carbonyl (C=O) groups is 1.